The third-order valence-electron chi connectivity index (χ3n) is 7.06. The zero-order chi connectivity index (χ0) is 19.8. The van der Waals surface area contributed by atoms with E-state index in [9.17, 15) is 9.90 Å². The summed E-state index contributed by atoms with van der Waals surface area (Å²) in [6, 6.07) is 4.18. The fraction of sp³-hybridized carbons (Fsp3) is 0.591. The van der Waals surface area contributed by atoms with Crippen LogP contribution in [-0.2, 0) is 6.42 Å². The minimum absolute atomic E-state index is 0.0818. The maximum atomic E-state index is 12.8. The first-order valence-corrected chi connectivity index (χ1v) is 11.6. The fourth-order valence-electron chi connectivity index (χ4n) is 5.87. The number of aliphatic hydroxyl groups is 1. The fourth-order valence-corrected chi connectivity index (χ4v) is 6.59. The van der Waals surface area contributed by atoms with Crippen molar-refractivity contribution < 1.29 is 9.90 Å². The molecule has 3 bridgehead atoms. The van der Waals surface area contributed by atoms with Crippen LogP contribution in [0.4, 0.5) is 5.13 Å². The van der Waals surface area contributed by atoms with Gasteiger partial charge in [0, 0.05) is 30.4 Å². The number of amides is 1. The molecule has 3 aliphatic carbocycles. The molecule has 7 heteroatoms. The number of fused-ring (bicyclic) bond motifs is 2. The van der Waals surface area contributed by atoms with E-state index in [2.05, 4.69) is 20.6 Å². The molecule has 0 radical (unpaired) electrons. The molecule has 154 valence electrons. The van der Waals surface area contributed by atoms with Gasteiger partial charge in [0.15, 0.2) is 5.13 Å². The van der Waals surface area contributed by atoms with E-state index in [-0.39, 0.29) is 11.9 Å². The number of rotatable bonds is 6. The molecular formula is C22H28N4O2S. The zero-order valence-electron chi connectivity index (χ0n) is 16.5. The Bertz CT molecular complexity index is 873. The van der Waals surface area contributed by atoms with Gasteiger partial charge in [0.05, 0.1) is 5.60 Å². The highest BCUT2D eigenvalue weighted by atomic mass is 32.1. The van der Waals surface area contributed by atoms with Crippen LogP contribution in [0.1, 0.15) is 54.6 Å². The third-order valence-corrected chi connectivity index (χ3v) is 7.86. The molecule has 5 atom stereocenters. The van der Waals surface area contributed by atoms with Crippen LogP contribution in [0.3, 0.4) is 0 Å². The monoisotopic (exact) mass is 412 g/mol. The summed E-state index contributed by atoms with van der Waals surface area (Å²) in [5.74, 6) is 1.52. The molecule has 2 heterocycles. The molecular weight excluding hydrogens is 384 g/mol. The van der Waals surface area contributed by atoms with Gasteiger partial charge in [-0.05, 0) is 80.4 Å². The highest BCUT2D eigenvalue weighted by Crippen LogP contribution is 2.55. The second kappa shape index (κ2) is 7.69. The molecule has 3 N–H and O–H groups in total. The van der Waals surface area contributed by atoms with Crippen molar-refractivity contribution in [3.05, 3.63) is 41.2 Å². The van der Waals surface area contributed by atoms with E-state index in [4.69, 9.17) is 0 Å². The molecule has 0 saturated heterocycles. The summed E-state index contributed by atoms with van der Waals surface area (Å²) in [6.45, 7) is 0.769. The minimum Gasteiger partial charge on any atom is -0.390 e. The van der Waals surface area contributed by atoms with Crippen molar-refractivity contribution in [1.29, 1.82) is 0 Å². The summed E-state index contributed by atoms with van der Waals surface area (Å²) in [4.78, 5) is 21.3. The van der Waals surface area contributed by atoms with Crippen LogP contribution < -0.4 is 10.6 Å². The summed E-state index contributed by atoms with van der Waals surface area (Å²) >= 11 is 1.47. The molecule has 3 unspecified atom stereocenters. The van der Waals surface area contributed by atoms with Crippen LogP contribution in [0, 0.1) is 17.8 Å². The Morgan fingerprint density at radius 1 is 1.24 bits per heavy atom. The average Bonchev–Trinajstić information content (AvgIpc) is 3.24. The molecule has 0 aromatic carbocycles. The molecule has 5 rings (SSSR count). The Labute approximate surface area is 175 Å². The maximum Gasteiger partial charge on any atom is 0.271 e. The van der Waals surface area contributed by atoms with Gasteiger partial charge in [-0.1, -0.05) is 0 Å². The van der Waals surface area contributed by atoms with E-state index in [1.54, 1.807) is 12.4 Å². The predicted molar refractivity (Wildman–Crippen MR) is 113 cm³/mol. The quantitative estimate of drug-likeness (QED) is 0.678. The van der Waals surface area contributed by atoms with Crippen LogP contribution in [0.2, 0.25) is 0 Å². The van der Waals surface area contributed by atoms with E-state index in [1.807, 2.05) is 17.5 Å². The number of carbonyl (C=O) groups excluding carboxylic acids is 1. The van der Waals surface area contributed by atoms with Crippen molar-refractivity contribution in [3.63, 3.8) is 0 Å². The van der Waals surface area contributed by atoms with Gasteiger partial charge in [-0.3, -0.25) is 9.78 Å². The van der Waals surface area contributed by atoms with Crippen LogP contribution in [0.5, 0.6) is 0 Å². The summed E-state index contributed by atoms with van der Waals surface area (Å²) in [7, 11) is 0. The van der Waals surface area contributed by atoms with Crippen molar-refractivity contribution in [2.24, 2.45) is 17.8 Å². The number of carbonyl (C=O) groups is 1. The molecule has 0 aliphatic heterocycles. The Hall–Kier alpha value is -1.99. The molecule has 2 aromatic rings. The lowest BCUT2D eigenvalue weighted by molar-refractivity contribution is -0.00594. The Morgan fingerprint density at radius 3 is 2.97 bits per heavy atom. The van der Waals surface area contributed by atoms with Crippen LogP contribution in [0.25, 0.3) is 0 Å². The molecule has 3 fully saturated rings. The lowest BCUT2D eigenvalue weighted by Crippen LogP contribution is -2.42. The molecule has 3 aliphatic rings. The Morgan fingerprint density at radius 2 is 2.10 bits per heavy atom. The highest BCUT2D eigenvalue weighted by molar-refractivity contribution is 7.13. The summed E-state index contributed by atoms with van der Waals surface area (Å²) in [5.41, 5.74) is 1.24. The van der Waals surface area contributed by atoms with E-state index in [0.717, 1.165) is 50.2 Å². The van der Waals surface area contributed by atoms with Crippen LogP contribution in [-0.4, -0.2) is 39.2 Å². The second-order valence-electron chi connectivity index (χ2n) is 9.09. The van der Waals surface area contributed by atoms with Crippen molar-refractivity contribution in [2.45, 2.75) is 56.6 Å². The summed E-state index contributed by atoms with van der Waals surface area (Å²) in [6.07, 6.45) is 10.6. The number of anilines is 1. The van der Waals surface area contributed by atoms with Gasteiger partial charge >= 0.3 is 0 Å². The van der Waals surface area contributed by atoms with E-state index in [0.29, 0.717) is 23.4 Å². The largest absolute Gasteiger partial charge is 0.390 e. The van der Waals surface area contributed by atoms with Gasteiger partial charge in [-0.2, -0.15) is 0 Å². The molecule has 1 amide bonds. The van der Waals surface area contributed by atoms with Crippen LogP contribution >= 0.6 is 11.3 Å². The lowest BCUT2D eigenvalue weighted by Gasteiger charge is -2.33. The van der Waals surface area contributed by atoms with Crippen molar-refractivity contribution in [2.75, 3.05) is 11.9 Å². The van der Waals surface area contributed by atoms with E-state index < -0.39 is 5.60 Å². The molecule has 2 aromatic heterocycles. The number of nitrogens with one attached hydrogen (secondary N) is 2. The molecule has 3 saturated carbocycles. The van der Waals surface area contributed by atoms with Gasteiger partial charge in [0.25, 0.3) is 5.91 Å². The summed E-state index contributed by atoms with van der Waals surface area (Å²) < 4.78 is 0. The first-order chi connectivity index (χ1) is 14.1. The number of thiazole rings is 1. The van der Waals surface area contributed by atoms with Crippen molar-refractivity contribution in [1.82, 2.24) is 15.3 Å². The molecule has 6 nitrogen and oxygen atoms in total. The highest BCUT2D eigenvalue weighted by Gasteiger charge is 2.53. The smallest absolute Gasteiger partial charge is 0.271 e. The van der Waals surface area contributed by atoms with Gasteiger partial charge in [-0.25, -0.2) is 4.98 Å². The predicted octanol–water partition coefficient (Wildman–Crippen LogP) is 3.25. The average molecular weight is 413 g/mol. The van der Waals surface area contributed by atoms with E-state index in [1.165, 1.54) is 23.3 Å². The van der Waals surface area contributed by atoms with Crippen molar-refractivity contribution >= 4 is 22.4 Å². The minimum atomic E-state index is -0.478. The maximum absolute atomic E-state index is 12.8. The number of nitrogens with zero attached hydrogens (tertiary/aromatic N) is 2. The first kappa shape index (κ1) is 19.0. The third kappa shape index (κ3) is 4.03. The lowest BCUT2D eigenvalue weighted by atomic mass is 9.77. The standard InChI is InChI=1S/C22H28N4O2S/c27-20(19-13-29-21(26-19)24-8-5-14-3-6-23-7-4-14)25-18-2-1-15-9-16-11-22(28,10-15)12-17(16)18/h3-4,6-7,13,15-18,28H,1-2,5,8-12H2,(H,24,26)(H,25,27)/t15?,16?,17?,18-,22-/m0/s1. The Balaban J connectivity index is 1.17. The second-order valence-corrected chi connectivity index (χ2v) is 9.95. The van der Waals surface area contributed by atoms with Gasteiger partial charge < -0.3 is 15.7 Å². The number of aromatic nitrogens is 2. The molecule has 0 spiro atoms. The number of hydrogen-bond acceptors (Lipinski definition) is 6. The normalized spacial score (nSPS) is 32.7. The van der Waals surface area contributed by atoms with Crippen molar-refractivity contribution in [3.8, 4) is 0 Å². The molecule has 29 heavy (non-hydrogen) atoms. The number of pyridine rings is 1. The first-order valence-electron chi connectivity index (χ1n) is 10.7. The zero-order valence-corrected chi connectivity index (χ0v) is 17.3. The summed E-state index contributed by atoms with van der Waals surface area (Å²) in [5, 5.41) is 20.0. The Kier molecular flexibility index (Phi) is 5.04. The van der Waals surface area contributed by atoms with Gasteiger partial charge in [0.2, 0.25) is 0 Å². The van der Waals surface area contributed by atoms with E-state index >= 15 is 0 Å². The topological polar surface area (TPSA) is 87.1 Å². The van der Waals surface area contributed by atoms with Crippen LogP contribution in [0.15, 0.2) is 29.9 Å². The SMILES string of the molecule is O=C(N[C@H]1CCC2CC3C[C@@](O)(C2)CC31)c1csc(NCCc2ccncc2)n1. The van der Waals surface area contributed by atoms with Gasteiger partial charge in [-0.15, -0.1) is 11.3 Å². The number of hydrogen-bond donors (Lipinski definition) is 3. The van der Waals surface area contributed by atoms with Gasteiger partial charge in [0.1, 0.15) is 5.69 Å².